The van der Waals surface area contributed by atoms with E-state index in [9.17, 15) is 0 Å². The van der Waals surface area contributed by atoms with Crippen molar-refractivity contribution < 1.29 is 4.74 Å². The van der Waals surface area contributed by atoms with E-state index in [1.165, 1.54) is 4.68 Å². The van der Waals surface area contributed by atoms with Crippen molar-refractivity contribution in [3.63, 3.8) is 0 Å². The van der Waals surface area contributed by atoms with Gasteiger partial charge >= 0.3 is 0 Å². The zero-order valence-corrected chi connectivity index (χ0v) is 15.0. The highest BCUT2D eigenvalue weighted by Crippen LogP contribution is 2.28. The van der Waals surface area contributed by atoms with Crippen molar-refractivity contribution in [1.82, 2.24) is 24.8 Å². The molecule has 0 spiro atoms. The van der Waals surface area contributed by atoms with Gasteiger partial charge in [-0.3, -0.25) is 5.10 Å². The molecule has 9 heteroatoms. The minimum Gasteiger partial charge on any atom is -0.469 e. The van der Waals surface area contributed by atoms with E-state index in [0.29, 0.717) is 16.5 Å². The van der Waals surface area contributed by atoms with Crippen LogP contribution in [0.4, 0.5) is 0 Å². The Morgan fingerprint density at radius 2 is 2.17 bits per heavy atom. The van der Waals surface area contributed by atoms with Gasteiger partial charge in [-0.15, -0.1) is 0 Å². The lowest BCUT2D eigenvalue weighted by Gasteiger charge is -2.11. The predicted octanol–water partition coefficient (Wildman–Crippen LogP) is 3.06. The molecule has 0 unspecified atom stereocenters. The summed E-state index contributed by atoms with van der Waals surface area (Å²) in [6.07, 6.45) is 0. The number of hydrogen-bond donors (Lipinski definition) is 2. The van der Waals surface area contributed by atoms with Crippen LogP contribution in [-0.2, 0) is 6.61 Å². The first-order valence-corrected chi connectivity index (χ1v) is 8.17. The molecule has 0 aliphatic carbocycles. The van der Waals surface area contributed by atoms with Gasteiger partial charge in [0.25, 0.3) is 0 Å². The van der Waals surface area contributed by atoms with Crippen LogP contribution in [-0.4, -0.2) is 24.8 Å². The number of hydrogen-bond acceptors (Lipinski definition) is 6. The van der Waals surface area contributed by atoms with Gasteiger partial charge in [-0.2, -0.15) is 10.1 Å². The van der Waals surface area contributed by atoms with E-state index in [-0.39, 0.29) is 12.5 Å². The fraction of sp³-hybridized carbons (Fsp3) is 0.286. The molecule has 7 nitrogen and oxygen atoms in total. The van der Waals surface area contributed by atoms with Gasteiger partial charge in [-0.1, -0.05) is 29.8 Å². The van der Waals surface area contributed by atoms with Crippen molar-refractivity contribution in [2.75, 3.05) is 5.84 Å². The molecule has 0 saturated carbocycles. The van der Waals surface area contributed by atoms with Crippen LogP contribution in [0.1, 0.15) is 31.4 Å². The van der Waals surface area contributed by atoms with Crippen LogP contribution in [0.3, 0.4) is 0 Å². The standard InChI is InChI=1S/C14H15BrN6OS/c1-7(2)12-17-10-4-3-8(15)5-9(10)13(18-12)22-6-11-19-20-14(23)21(11)16/h3-5,7H,6,16H2,1-2H3,(H,20,23). The molecule has 2 heterocycles. The molecule has 23 heavy (non-hydrogen) atoms. The molecule has 0 saturated heterocycles. The first kappa shape index (κ1) is 15.9. The highest BCUT2D eigenvalue weighted by Gasteiger charge is 2.13. The summed E-state index contributed by atoms with van der Waals surface area (Å²) in [5.74, 6) is 7.68. The van der Waals surface area contributed by atoms with Crippen molar-refractivity contribution in [2.24, 2.45) is 0 Å². The normalized spacial score (nSPS) is 11.3. The van der Waals surface area contributed by atoms with E-state index in [1.54, 1.807) is 0 Å². The van der Waals surface area contributed by atoms with Crippen LogP contribution < -0.4 is 10.6 Å². The van der Waals surface area contributed by atoms with E-state index in [1.807, 2.05) is 32.0 Å². The minimum atomic E-state index is 0.153. The number of fused-ring (bicyclic) bond motifs is 1. The minimum absolute atomic E-state index is 0.153. The van der Waals surface area contributed by atoms with Gasteiger partial charge in [0, 0.05) is 10.4 Å². The quantitative estimate of drug-likeness (QED) is 0.521. The van der Waals surface area contributed by atoms with Gasteiger partial charge in [-0.05, 0) is 30.4 Å². The third-order valence-corrected chi connectivity index (χ3v) is 4.05. The number of ether oxygens (including phenoxy) is 1. The summed E-state index contributed by atoms with van der Waals surface area (Å²) < 4.78 is 8.38. The first-order valence-electron chi connectivity index (χ1n) is 6.97. The number of nitrogens with zero attached hydrogens (tertiary/aromatic N) is 4. The van der Waals surface area contributed by atoms with E-state index in [2.05, 4.69) is 36.1 Å². The molecule has 120 valence electrons. The Morgan fingerprint density at radius 1 is 1.39 bits per heavy atom. The largest absolute Gasteiger partial charge is 0.469 e. The molecule has 0 amide bonds. The Bertz CT molecular complexity index is 919. The molecular formula is C14H15BrN6OS. The molecule has 0 atom stereocenters. The van der Waals surface area contributed by atoms with Crippen molar-refractivity contribution in [3.05, 3.63) is 39.1 Å². The highest BCUT2D eigenvalue weighted by molar-refractivity contribution is 9.10. The summed E-state index contributed by atoms with van der Waals surface area (Å²) in [5.41, 5.74) is 0.827. The number of nitrogens with one attached hydrogen (secondary N) is 1. The molecule has 0 radical (unpaired) electrons. The molecule has 0 bridgehead atoms. The number of nitrogens with two attached hydrogens (primary N) is 1. The lowest BCUT2D eigenvalue weighted by atomic mass is 10.2. The Balaban J connectivity index is 2.02. The summed E-state index contributed by atoms with van der Waals surface area (Å²) in [6.45, 7) is 4.23. The van der Waals surface area contributed by atoms with Crippen LogP contribution in [0.2, 0.25) is 0 Å². The zero-order valence-electron chi connectivity index (χ0n) is 12.6. The third-order valence-electron chi connectivity index (χ3n) is 3.27. The molecule has 3 N–H and O–H groups in total. The summed E-state index contributed by atoms with van der Waals surface area (Å²) >= 11 is 8.45. The number of halogens is 1. The van der Waals surface area contributed by atoms with E-state index < -0.39 is 0 Å². The van der Waals surface area contributed by atoms with E-state index in [4.69, 9.17) is 22.8 Å². The van der Waals surface area contributed by atoms with Gasteiger partial charge in [0.1, 0.15) is 5.82 Å². The molecular weight excluding hydrogens is 380 g/mol. The maximum atomic E-state index is 5.84. The van der Waals surface area contributed by atoms with Crippen molar-refractivity contribution in [3.8, 4) is 5.88 Å². The number of nitrogen functional groups attached to an aromatic ring is 1. The van der Waals surface area contributed by atoms with Crippen LogP contribution >= 0.6 is 28.1 Å². The lowest BCUT2D eigenvalue weighted by molar-refractivity contribution is 0.283. The van der Waals surface area contributed by atoms with Gasteiger partial charge in [0.05, 0.1) is 10.9 Å². The van der Waals surface area contributed by atoms with Crippen LogP contribution in [0.25, 0.3) is 10.9 Å². The van der Waals surface area contributed by atoms with Crippen LogP contribution in [0, 0.1) is 4.77 Å². The molecule has 2 aromatic heterocycles. The maximum Gasteiger partial charge on any atom is 0.225 e. The average molecular weight is 395 g/mol. The molecule has 3 aromatic rings. The van der Waals surface area contributed by atoms with Crippen LogP contribution in [0.5, 0.6) is 5.88 Å². The summed E-state index contributed by atoms with van der Waals surface area (Å²) in [5, 5.41) is 7.47. The third kappa shape index (κ3) is 3.20. The lowest BCUT2D eigenvalue weighted by Crippen LogP contribution is -2.15. The molecule has 3 rings (SSSR count). The Kier molecular flexibility index (Phi) is 4.31. The number of aromatic amines is 1. The van der Waals surface area contributed by atoms with Crippen LogP contribution in [0.15, 0.2) is 22.7 Å². The Labute approximate surface area is 146 Å². The Morgan fingerprint density at radius 3 is 2.83 bits per heavy atom. The summed E-state index contributed by atoms with van der Waals surface area (Å²) in [6, 6.07) is 5.79. The molecule has 0 fully saturated rings. The van der Waals surface area contributed by atoms with Crippen molar-refractivity contribution in [2.45, 2.75) is 26.4 Å². The highest BCUT2D eigenvalue weighted by atomic mass is 79.9. The Hall–Kier alpha value is -2.00. The van der Waals surface area contributed by atoms with E-state index in [0.717, 1.165) is 21.2 Å². The smallest absolute Gasteiger partial charge is 0.225 e. The van der Waals surface area contributed by atoms with Gasteiger partial charge in [0.15, 0.2) is 12.4 Å². The van der Waals surface area contributed by atoms with E-state index >= 15 is 0 Å². The molecule has 0 aliphatic rings. The monoisotopic (exact) mass is 394 g/mol. The van der Waals surface area contributed by atoms with Crippen molar-refractivity contribution >= 4 is 39.1 Å². The molecule has 1 aromatic carbocycles. The number of rotatable bonds is 4. The average Bonchev–Trinajstić information content (AvgIpc) is 2.84. The van der Waals surface area contributed by atoms with Gasteiger partial charge < -0.3 is 10.6 Å². The number of H-pyrrole nitrogens is 1. The SMILES string of the molecule is CC(C)c1nc(OCc2n[nH]c(=S)n2N)c2cc(Br)ccc2n1. The fourth-order valence-corrected chi connectivity index (χ4v) is 2.54. The number of aromatic nitrogens is 5. The zero-order chi connectivity index (χ0) is 16.6. The maximum absolute atomic E-state index is 5.84. The topological polar surface area (TPSA) is 94.6 Å². The number of benzene rings is 1. The summed E-state index contributed by atoms with van der Waals surface area (Å²) in [4.78, 5) is 9.10. The second kappa shape index (κ2) is 6.25. The second-order valence-electron chi connectivity index (χ2n) is 5.31. The first-order chi connectivity index (χ1) is 11.0. The summed E-state index contributed by atoms with van der Waals surface area (Å²) in [7, 11) is 0. The van der Waals surface area contributed by atoms with Crippen molar-refractivity contribution in [1.29, 1.82) is 0 Å². The molecule has 0 aliphatic heterocycles. The fourth-order valence-electron chi connectivity index (χ4n) is 2.03. The second-order valence-corrected chi connectivity index (χ2v) is 6.61. The predicted molar refractivity (Wildman–Crippen MR) is 93.2 cm³/mol. The van der Waals surface area contributed by atoms with Gasteiger partial charge in [0.2, 0.25) is 10.7 Å². The van der Waals surface area contributed by atoms with Gasteiger partial charge in [-0.25, -0.2) is 9.66 Å².